The molecule has 0 radical (unpaired) electrons. The topological polar surface area (TPSA) is 50.1 Å². The van der Waals surface area contributed by atoms with Gasteiger partial charge in [-0.05, 0) is 22.9 Å². The van der Waals surface area contributed by atoms with Crippen LogP contribution >= 0.6 is 15.9 Å². The zero-order valence-corrected chi connectivity index (χ0v) is 11.0. The second kappa shape index (κ2) is 6.02. The number of benzene rings is 1. The van der Waals surface area contributed by atoms with Gasteiger partial charge in [-0.3, -0.25) is 4.79 Å². The van der Waals surface area contributed by atoms with Crippen molar-refractivity contribution in [3.63, 3.8) is 0 Å². The van der Waals surface area contributed by atoms with Crippen molar-refractivity contribution in [3.8, 4) is 6.07 Å². The minimum atomic E-state index is -2.09. The Kier molecular flexibility index (Phi) is 4.89. The minimum Gasteiger partial charge on any atom is -0.465 e. The summed E-state index contributed by atoms with van der Waals surface area (Å²) in [6.45, 7) is 1.25. The van der Waals surface area contributed by atoms with Crippen LogP contribution in [0.1, 0.15) is 18.4 Å². The average Bonchev–Trinajstić information content (AvgIpc) is 2.39. The smallest absolute Gasteiger partial charge is 0.328 e. The van der Waals surface area contributed by atoms with Gasteiger partial charge in [0, 0.05) is 0 Å². The lowest BCUT2D eigenvalue weighted by molar-refractivity contribution is -0.143. The van der Waals surface area contributed by atoms with Gasteiger partial charge >= 0.3 is 5.97 Å². The Labute approximate surface area is 113 Å². The van der Waals surface area contributed by atoms with E-state index in [9.17, 15) is 22.4 Å². The van der Waals surface area contributed by atoms with E-state index < -0.39 is 45.2 Å². The number of nitriles is 1. The fourth-order valence-corrected chi connectivity index (χ4v) is 1.68. The second-order valence-corrected chi connectivity index (χ2v) is 4.09. The third-order valence-electron chi connectivity index (χ3n) is 2.18. The molecular formula is C11H6BrF4NO2. The molecule has 0 amide bonds. The van der Waals surface area contributed by atoms with Gasteiger partial charge in [0.15, 0.2) is 29.2 Å². The van der Waals surface area contributed by atoms with Crippen molar-refractivity contribution in [3.05, 3.63) is 33.3 Å². The molecule has 1 atom stereocenters. The van der Waals surface area contributed by atoms with Crippen LogP contribution in [-0.2, 0) is 9.53 Å². The van der Waals surface area contributed by atoms with E-state index in [4.69, 9.17) is 5.26 Å². The fourth-order valence-electron chi connectivity index (χ4n) is 1.34. The Balaban J connectivity index is 3.50. The van der Waals surface area contributed by atoms with Crippen molar-refractivity contribution >= 4 is 21.9 Å². The maximum absolute atomic E-state index is 13.6. The number of carbonyl (C=O) groups excluding carboxylic acids is 1. The fraction of sp³-hybridized carbons (Fsp3) is 0.273. The Morgan fingerprint density at radius 3 is 2.11 bits per heavy atom. The zero-order valence-electron chi connectivity index (χ0n) is 9.44. The quantitative estimate of drug-likeness (QED) is 0.368. The van der Waals surface area contributed by atoms with Crippen LogP contribution < -0.4 is 0 Å². The number of esters is 1. The third kappa shape index (κ3) is 2.71. The van der Waals surface area contributed by atoms with Crippen LogP contribution in [0.5, 0.6) is 0 Å². The van der Waals surface area contributed by atoms with E-state index >= 15 is 0 Å². The molecule has 8 heteroatoms. The molecule has 102 valence electrons. The summed E-state index contributed by atoms with van der Waals surface area (Å²) in [5.74, 6) is -10.5. The minimum absolute atomic E-state index is 0.151. The number of ether oxygens (including phenoxy) is 1. The zero-order chi connectivity index (χ0) is 14.7. The molecular weight excluding hydrogens is 334 g/mol. The van der Waals surface area contributed by atoms with Gasteiger partial charge in [0.2, 0.25) is 0 Å². The molecule has 0 aliphatic heterocycles. The van der Waals surface area contributed by atoms with Gasteiger partial charge < -0.3 is 4.74 Å². The van der Waals surface area contributed by atoms with Crippen LogP contribution in [0, 0.1) is 34.6 Å². The molecule has 0 heterocycles. The molecule has 0 N–H and O–H groups in total. The van der Waals surface area contributed by atoms with Gasteiger partial charge in [0.25, 0.3) is 0 Å². The summed E-state index contributed by atoms with van der Waals surface area (Å²) in [5, 5.41) is 8.74. The van der Waals surface area contributed by atoms with Crippen molar-refractivity contribution in [1.82, 2.24) is 0 Å². The SMILES string of the molecule is CCOC(=O)[C@H](C#N)c1c(F)c(F)c(Br)c(F)c1F. The summed E-state index contributed by atoms with van der Waals surface area (Å²) in [4.78, 5) is 11.4. The third-order valence-corrected chi connectivity index (χ3v) is 2.88. The second-order valence-electron chi connectivity index (χ2n) is 3.30. The van der Waals surface area contributed by atoms with E-state index in [1.807, 2.05) is 0 Å². The van der Waals surface area contributed by atoms with Crippen LogP contribution in [0.15, 0.2) is 4.47 Å². The van der Waals surface area contributed by atoms with E-state index in [0.29, 0.717) is 0 Å². The predicted octanol–water partition coefficient (Wildman–Crippen LogP) is 3.18. The molecule has 0 aromatic heterocycles. The van der Waals surface area contributed by atoms with Crippen LogP contribution in [0.2, 0.25) is 0 Å². The predicted molar refractivity (Wildman–Crippen MR) is 59.0 cm³/mol. The largest absolute Gasteiger partial charge is 0.465 e. The molecule has 3 nitrogen and oxygen atoms in total. The first kappa shape index (κ1) is 15.4. The van der Waals surface area contributed by atoms with Gasteiger partial charge in [0.05, 0.1) is 22.7 Å². The molecule has 1 rings (SSSR count). The molecule has 1 aromatic carbocycles. The Morgan fingerprint density at radius 1 is 1.26 bits per heavy atom. The Hall–Kier alpha value is -1.62. The van der Waals surface area contributed by atoms with Gasteiger partial charge in [-0.2, -0.15) is 5.26 Å². The summed E-state index contributed by atoms with van der Waals surface area (Å²) in [6, 6.07) is 1.26. The number of hydrogen-bond donors (Lipinski definition) is 0. The summed E-state index contributed by atoms with van der Waals surface area (Å²) in [7, 11) is 0. The van der Waals surface area contributed by atoms with Crippen molar-refractivity contribution < 1.29 is 27.1 Å². The van der Waals surface area contributed by atoms with Crippen LogP contribution in [0.4, 0.5) is 17.6 Å². The summed E-state index contributed by atoms with van der Waals surface area (Å²) >= 11 is 2.32. The highest BCUT2D eigenvalue weighted by Crippen LogP contribution is 2.32. The molecule has 0 saturated heterocycles. The molecule has 0 aliphatic rings. The summed E-state index contributed by atoms with van der Waals surface area (Å²) < 4.78 is 57.1. The highest BCUT2D eigenvalue weighted by atomic mass is 79.9. The molecule has 0 aliphatic carbocycles. The number of carbonyl (C=O) groups is 1. The van der Waals surface area contributed by atoms with Crippen LogP contribution in [0.3, 0.4) is 0 Å². The van der Waals surface area contributed by atoms with Gasteiger partial charge in [-0.1, -0.05) is 0 Å². The number of nitrogens with zero attached hydrogens (tertiary/aromatic N) is 1. The molecule has 0 spiro atoms. The lowest BCUT2D eigenvalue weighted by Crippen LogP contribution is -2.19. The maximum Gasteiger partial charge on any atom is 0.328 e. The van der Waals surface area contributed by atoms with E-state index in [1.165, 1.54) is 13.0 Å². The van der Waals surface area contributed by atoms with E-state index in [2.05, 4.69) is 20.7 Å². The molecule has 0 fully saturated rings. The number of hydrogen-bond acceptors (Lipinski definition) is 3. The van der Waals surface area contributed by atoms with Crippen LogP contribution in [-0.4, -0.2) is 12.6 Å². The van der Waals surface area contributed by atoms with Crippen LogP contribution in [0.25, 0.3) is 0 Å². The molecule has 0 unspecified atom stereocenters. The highest BCUT2D eigenvalue weighted by molar-refractivity contribution is 9.10. The van der Waals surface area contributed by atoms with Gasteiger partial charge in [-0.25, -0.2) is 17.6 Å². The lowest BCUT2D eigenvalue weighted by Gasteiger charge is -2.12. The summed E-state index contributed by atoms with van der Waals surface area (Å²) in [6.07, 6.45) is 0. The van der Waals surface area contributed by atoms with Crippen molar-refractivity contribution in [1.29, 1.82) is 5.26 Å². The number of rotatable bonds is 3. The first-order chi connectivity index (χ1) is 8.86. The Bertz CT molecular complexity index is 542. The van der Waals surface area contributed by atoms with E-state index in [1.54, 1.807) is 0 Å². The maximum atomic E-state index is 13.6. The lowest BCUT2D eigenvalue weighted by atomic mass is 9.99. The Morgan fingerprint density at radius 2 is 1.74 bits per heavy atom. The normalized spacial score (nSPS) is 11.8. The molecule has 1 aromatic rings. The van der Waals surface area contributed by atoms with Crippen molar-refractivity contribution in [2.45, 2.75) is 12.8 Å². The molecule has 0 saturated carbocycles. The van der Waals surface area contributed by atoms with Crippen molar-refractivity contribution in [2.24, 2.45) is 0 Å². The average molecular weight is 340 g/mol. The monoisotopic (exact) mass is 339 g/mol. The number of halogens is 5. The first-order valence-corrected chi connectivity index (χ1v) is 5.73. The first-order valence-electron chi connectivity index (χ1n) is 4.94. The molecule has 0 bridgehead atoms. The van der Waals surface area contributed by atoms with E-state index in [0.717, 1.165) is 0 Å². The van der Waals surface area contributed by atoms with E-state index in [-0.39, 0.29) is 6.61 Å². The van der Waals surface area contributed by atoms with Gasteiger partial charge in [0.1, 0.15) is 0 Å². The molecule has 19 heavy (non-hydrogen) atoms. The highest BCUT2D eigenvalue weighted by Gasteiger charge is 2.34. The standard InChI is InChI=1S/C11H6BrF4NO2/c1-2-19-11(18)4(3-17)5-7(13)9(15)6(12)10(16)8(5)14/h4H,2H2,1H3/t4-/m1/s1. The van der Waals surface area contributed by atoms with Gasteiger partial charge in [-0.15, -0.1) is 0 Å². The van der Waals surface area contributed by atoms with Crippen molar-refractivity contribution in [2.75, 3.05) is 6.61 Å². The summed E-state index contributed by atoms with van der Waals surface area (Å²) in [5.41, 5.74) is -1.31.